The molecule has 6 nitrogen and oxygen atoms in total. The molecule has 0 spiro atoms. The number of ether oxygens (including phenoxy) is 1. The molecule has 0 aliphatic rings. The second kappa shape index (κ2) is 11.1. The molecule has 5 aromatic rings. The van der Waals surface area contributed by atoms with Crippen molar-refractivity contribution in [1.82, 2.24) is 15.3 Å². The third-order valence-electron chi connectivity index (χ3n) is 6.20. The predicted molar refractivity (Wildman–Crippen MR) is 145 cm³/mol. The fourth-order valence-corrected chi connectivity index (χ4v) is 4.33. The van der Waals surface area contributed by atoms with Crippen LogP contribution in [0, 0.1) is 6.92 Å². The van der Waals surface area contributed by atoms with Gasteiger partial charge >= 0.3 is 0 Å². The number of benzene rings is 4. The summed E-state index contributed by atoms with van der Waals surface area (Å²) in [5.74, 6) is 1.54. The summed E-state index contributed by atoms with van der Waals surface area (Å²) in [5, 5.41) is 8.71. The fraction of sp³-hybridized carbons (Fsp3) is 0.200. The van der Waals surface area contributed by atoms with Crippen LogP contribution in [0.1, 0.15) is 23.4 Å². The number of hydrogen-bond donors (Lipinski definition) is 3. The Balaban J connectivity index is 1.20. The molecule has 1 amide bonds. The van der Waals surface area contributed by atoms with Crippen molar-refractivity contribution in [3.8, 4) is 5.75 Å². The van der Waals surface area contributed by atoms with Gasteiger partial charge in [-0.1, -0.05) is 60.2 Å². The van der Waals surface area contributed by atoms with E-state index in [9.17, 15) is 4.79 Å². The molecule has 36 heavy (non-hydrogen) atoms. The van der Waals surface area contributed by atoms with E-state index in [0.29, 0.717) is 6.54 Å². The maximum atomic E-state index is 12.5. The molecule has 182 valence electrons. The number of carbonyl (C=O) groups is 1. The lowest BCUT2D eigenvalue weighted by Gasteiger charge is -2.15. The summed E-state index contributed by atoms with van der Waals surface area (Å²) in [7, 11) is 0. The topological polar surface area (TPSA) is 79.0 Å². The lowest BCUT2D eigenvalue weighted by molar-refractivity contribution is -0.118. The van der Waals surface area contributed by atoms with Gasteiger partial charge in [-0.25, -0.2) is 4.98 Å². The van der Waals surface area contributed by atoms with Gasteiger partial charge in [0.25, 0.3) is 5.91 Å². The minimum absolute atomic E-state index is 0.0503. The maximum Gasteiger partial charge on any atom is 0.262 e. The molecule has 4 aromatic carbocycles. The number of anilines is 1. The van der Waals surface area contributed by atoms with Crippen LogP contribution in [0.5, 0.6) is 5.75 Å². The van der Waals surface area contributed by atoms with Crippen LogP contribution in [0.15, 0.2) is 84.9 Å². The number of fused-ring (bicyclic) bond motifs is 2. The monoisotopic (exact) mass is 478 g/mol. The SMILES string of the molecule is Cc1ccc(NC(=O)COc2ccc3ccccc3c2CNCCCc2nc3ccccc3[nH]2)cc1. The third kappa shape index (κ3) is 5.73. The van der Waals surface area contributed by atoms with Crippen LogP contribution in [0.4, 0.5) is 5.69 Å². The van der Waals surface area contributed by atoms with Gasteiger partial charge in [0.1, 0.15) is 11.6 Å². The maximum absolute atomic E-state index is 12.5. The number of aromatic nitrogens is 2. The van der Waals surface area contributed by atoms with Crippen LogP contribution in [0.3, 0.4) is 0 Å². The first-order chi connectivity index (χ1) is 17.7. The minimum Gasteiger partial charge on any atom is -0.483 e. The van der Waals surface area contributed by atoms with Crippen molar-refractivity contribution in [2.24, 2.45) is 0 Å². The Morgan fingerprint density at radius 3 is 2.61 bits per heavy atom. The predicted octanol–water partition coefficient (Wildman–Crippen LogP) is 5.76. The summed E-state index contributed by atoms with van der Waals surface area (Å²) >= 11 is 0. The highest BCUT2D eigenvalue weighted by Gasteiger charge is 2.11. The van der Waals surface area contributed by atoms with Crippen molar-refractivity contribution in [3.63, 3.8) is 0 Å². The first-order valence-corrected chi connectivity index (χ1v) is 12.3. The molecule has 0 saturated heterocycles. The van der Waals surface area contributed by atoms with Crippen molar-refractivity contribution >= 4 is 33.4 Å². The van der Waals surface area contributed by atoms with E-state index in [2.05, 4.69) is 32.7 Å². The molecule has 0 bridgehead atoms. The van der Waals surface area contributed by atoms with Gasteiger partial charge in [0.2, 0.25) is 0 Å². The summed E-state index contributed by atoms with van der Waals surface area (Å²) in [4.78, 5) is 20.5. The van der Waals surface area contributed by atoms with Crippen molar-refractivity contribution in [1.29, 1.82) is 0 Å². The number of hydrogen-bond acceptors (Lipinski definition) is 4. The molecule has 0 radical (unpaired) electrons. The first kappa shape index (κ1) is 23.6. The summed E-state index contributed by atoms with van der Waals surface area (Å²) < 4.78 is 6.00. The first-order valence-electron chi connectivity index (χ1n) is 12.3. The van der Waals surface area contributed by atoms with Crippen molar-refractivity contribution < 1.29 is 9.53 Å². The largest absolute Gasteiger partial charge is 0.483 e. The molecule has 0 atom stereocenters. The zero-order valence-electron chi connectivity index (χ0n) is 20.4. The summed E-state index contributed by atoms with van der Waals surface area (Å²) in [6, 6.07) is 28.1. The Morgan fingerprint density at radius 1 is 0.944 bits per heavy atom. The number of imidazole rings is 1. The van der Waals surface area contributed by atoms with E-state index in [1.165, 1.54) is 0 Å². The average Bonchev–Trinajstić information content (AvgIpc) is 3.32. The van der Waals surface area contributed by atoms with E-state index in [4.69, 9.17) is 4.74 Å². The van der Waals surface area contributed by atoms with Gasteiger partial charge in [0.15, 0.2) is 6.61 Å². The molecule has 0 aliphatic carbocycles. The van der Waals surface area contributed by atoms with E-state index < -0.39 is 0 Å². The quantitative estimate of drug-likeness (QED) is 0.223. The van der Waals surface area contributed by atoms with E-state index in [-0.39, 0.29) is 12.5 Å². The lowest BCUT2D eigenvalue weighted by Crippen LogP contribution is -2.21. The van der Waals surface area contributed by atoms with E-state index in [0.717, 1.165) is 69.6 Å². The van der Waals surface area contributed by atoms with Crippen LogP contribution in [-0.2, 0) is 17.8 Å². The molecule has 3 N–H and O–H groups in total. The van der Waals surface area contributed by atoms with Gasteiger partial charge in [-0.3, -0.25) is 4.79 Å². The summed E-state index contributed by atoms with van der Waals surface area (Å²) in [5.41, 5.74) is 5.04. The zero-order valence-corrected chi connectivity index (χ0v) is 20.4. The van der Waals surface area contributed by atoms with Gasteiger partial charge in [-0.2, -0.15) is 0 Å². The Hall–Kier alpha value is -4.16. The molecule has 1 aromatic heterocycles. The van der Waals surface area contributed by atoms with Gasteiger partial charge in [-0.05, 0) is 61.0 Å². The van der Waals surface area contributed by atoms with Crippen LogP contribution < -0.4 is 15.4 Å². The second-order valence-corrected chi connectivity index (χ2v) is 8.95. The van der Waals surface area contributed by atoms with Gasteiger partial charge < -0.3 is 20.4 Å². The number of aryl methyl sites for hydroxylation is 2. The fourth-order valence-electron chi connectivity index (χ4n) is 4.33. The molecular formula is C30H30N4O2. The molecule has 0 aliphatic heterocycles. The van der Waals surface area contributed by atoms with Crippen LogP contribution in [-0.4, -0.2) is 29.0 Å². The van der Waals surface area contributed by atoms with Gasteiger partial charge in [0.05, 0.1) is 11.0 Å². The molecule has 6 heteroatoms. The van der Waals surface area contributed by atoms with Gasteiger partial charge in [-0.15, -0.1) is 0 Å². The number of para-hydroxylation sites is 2. The van der Waals surface area contributed by atoms with Crippen LogP contribution >= 0.6 is 0 Å². The Labute approximate surface area is 210 Å². The summed E-state index contributed by atoms with van der Waals surface area (Å²) in [6.07, 6.45) is 1.83. The lowest BCUT2D eigenvalue weighted by atomic mass is 10.0. The number of aromatic amines is 1. The molecule has 0 unspecified atom stereocenters. The van der Waals surface area contributed by atoms with Crippen molar-refractivity contribution in [2.75, 3.05) is 18.5 Å². The van der Waals surface area contributed by atoms with E-state index in [1.807, 2.05) is 79.7 Å². The molecular weight excluding hydrogens is 448 g/mol. The third-order valence-corrected chi connectivity index (χ3v) is 6.20. The molecule has 5 rings (SSSR count). The standard InChI is InChI=1S/C30H30N4O2/c1-21-12-15-23(16-13-21)32-30(35)20-36-28-17-14-22-7-2-3-8-24(22)25(28)19-31-18-6-11-29-33-26-9-4-5-10-27(26)34-29/h2-5,7-10,12-17,31H,6,11,18-20H2,1H3,(H,32,35)(H,33,34). The Bertz CT molecular complexity index is 1440. The Kier molecular flexibility index (Phi) is 7.24. The van der Waals surface area contributed by atoms with Crippen molar-refractivity contribution in [2.45, 2.75) is 26.3 Å². The Morgan fingerprint density at radius 2 is 1.75 bits per heavy atom. The number of nitrogens with one attached hydrogen (secondary N) is 3. The number of nitrogens with zero attached hydrogens (tertiary/aromatic N) is 1. The van der Waals surface area contributed by atoms with Crippen LogP contribution in [0.25, 0.3) is 21.8 Å². The zero-order chi connectivity index (χ0) is 24.7. The van der Waals surface area contributed by atoms with Crippen LogP contribution in [0.2, 0.25) is 0 Å². The molecule has 0 fully saturated rings. The van der Waals surface area contributed by atoms with E-state index in [1.54, 1.807) is 0 Å². The minimum atomic E-state index is -0.184. The molecule has 1 heterocycles. The number of H-pyrrole nitrogens is 1. The second-order valence-electron chi connectivity index (χ2n) is 8.95. The smallest absolute Gasteiger partial charge is 0.262 e. The highest BCUT2D eigenvalue weighted by molar-refractivity contribution is 5.92. The summed E-state index contributed by atoms with van der Waals surface area (Å²) in [6.45, 7) is 3.46. The molecule has 0 saturated carbocycles. The highest BCUT2D eigenvalue weighted by Crippen LogP contribution is 2.28. The number of rotatable bonds is 10. The highest BCUT2D eigenvalue weighted by atomic mass is 16.5. The average molecular weight is 479 g/mol. The van der Waals surface area contributed by atoms with E-state index >= 15 is 0 Å². The van der Waals surface area contributed by atoms with Crippen molar-refractivity contribution in [3.05, 3.63) is 102 Å². The normalized spacial score (nSPS) is 11.1. The van der Waals surface area contributed by atoms with Gasteiger partial charge in [0, 0.05) is 24.2 Å². The number of amides is 1. The number of carbonyl (C=O) groups excluding carboxylic acids is 1.